The minimum atomic E-state index is 0.472. The molecule has 3 heteroatoms. The lowest BCUT2D eigenvalue weighted by Crippen LogP contribution is -2.23. The average Bonchev–Trinajstić information content (AvgIpc) is 2.31. The van der Waals surface area contributed by atoms with Crippen molar-refractivity contribution in [3.8, 4) is 11.5 Å². The number of rotatable bonds is 7. The number of benzene rings is 1. The lowest BCUT2D eigenvalue weighted by Gasteiger charge is -2.13. The first-order valence-corrected chi connectivity index (χ1v) is 5.79. The van der Waals surface area contributed by atoms with E-state index in [1.54, 1.807) is 0 Å². The summed E-state index contributed by atoms with van der Waals surface area (Å²) in [6.07, 6.45) is 0.983. The largest absolute Gasteiger partial charge is 0.490 e. The van der Waals surface area contributed by atoms with Crippen molar-refractivity contribution in [1.29, 1.82) is 0 Å². The lowest BCUT2D eigenvalue weighted by molar-refractivity contribution is 0.264. The topological polar surface area (TPSA) is 30.5 Å². The van der Waals surface area contributed by atoms with Gasteiger partial charge in [0.2, 0.25) is 0 Å². The van der Waals surface area contributed by atoms with Gasteiger partial charge in [0.1, 0.15) is 0 Å². The maximum Gasteiger partial charge on any atom is 0.161 e. The highest BCUT2D eigenvalue weighted by atomic mass is 16.5. The monoisotopic (exact) mass is 223 g/mol. The van der Waals surface area contributed by atoms with E-state index in [4.69, 9.17) is 9.47 Å². The van der Waals surface area contributed by atoms with Crippen LogP contribution in [0.2, 0.25) is 0 Å². The Labute approximate surface area is 97.8 Å². The van der Waals surface area contributed by atoms with Gasteiger partial charge in [-0.05, 0) is 39.4 Å². The summed E-state index contributed by atoms with van der Waals surface area (Å²) in [5.74, 6) is 1.65. The van der Waals surface area contributed by atoms with Crippen LogP contribution in [0.5, 0.6) is 11.5 Å². The fourth-order valence-electron chi connectivity index (χ4n) is 1.33. The third-order valence-corrected chi connectivity index (χ3v) is 2.45. The zero-order chi connectivity index (χ0) is 11.8. The van der Waals surface area contributed by atoms with Gasteiger partial charge in [0, 0.05) is 6.04 Å². The Morgan fingerprint density at radius 1 is 1.19 bits per heavy atom. The summed E-state index contributed by atoms with van der Waals surface area (Å²) < 4.78 is 11.2. The van der Waals surface area contributed by atoms with Gasteiger partial charge in [-0.15, -0.1) is 0 Å². The molecule has 1 N–H and O–H groups in total. The summed E-state index contributed by atoms with van der Waals surface area (Å²) in [7, 11) is 1.96. The molecule has 0 saturated carbocycles. The summed E-state index contributed by atoms with van der Waals surface area (Å²) in [6, 6.07) is 8.25. The molecule has 0 fully saturated rings. The van der Waals surface area contributed by atoms with E-state index in [0.717, 1.165) is 17.9 Å². The van der Waals surface area contributed by atoms with Crippen molar-refractivity contribution in [1.82, 2.24) is 5.32 Å². The molecular weight excluding hydrogens is 202 g/mol. The molecule has 0 saturated heterocycles. The van der Waals surface area contributed by atoms with E-state index in [-0.39, 0.29) is 0 Å². The molecule has 0 aliphatic rings. The zero-order valence-corrected chi connectivity index (χ0v) is 10.3. The third-order valence-electron chi connectivity index (χ3n) is 2.45. The Balaban J connectivity index is 2.46. The normalized spacial score (nSPS) is 12.2. The predicted molar refractivity (Wildman–Crippen MR) is 66.2 cm³/mol. The highest BCUT2D eigenvalue weighted by Gasteiger charge is 2.04. The minimum absolute atomic E-state index is 0.472. The van der Waals surface area contributed by atoms with Crippen molar-refractivity contribution >= 4 is 0 Å². The number of nitrogens with one attached hydrogen (secondary N) is 1. The molecule has 0 aliphatic carbocycles. The van der Waals surface area contributed by atoms with Crippen molar-refractivity contribution < 1.29 is 9.47 Å². The molecular formula is C13H21NO2. The number of hydrogen-bond acceptors (Lipinski definition) is 3. The fraction of sp³-hybridized carbons (Fsp3) is 0.538. The van der Waals surface area contributed by atoms with Crippen molar-refractivity contribution in [2.45, 2.75) is 26.3 Å². The molecule has 1 aromatic rings. The number of ether oxygens (including phenoxy) is 2. The summed E-state index contributed by atoms with van der Waals surface area (Å²) >= 11 is 0. The van der Waals surface area contributed by atoms with Gasteiger partial charge >= 0.3 is 0 Å². The zero-order valence-electron chi connectivity index (χ0n) is 10.3. The standard InChI is InChI=1S/C13H21NO2/c1-4-15-12-7-5-6-8-13(12)16-10-9-11(2)14-3/h5-8,11,14H,4,9-10H2,1-3H3. The Morgan fingerprint density at radius 2 is 1.81 bits per heavy atom. The molecule has 0 aromatic heterocycles. The van der Waals surface area contributed by atoms with E-state index in [1.165, 1.54) is 0 Å². The van der Waals surface area contributed by atoms with Crippen LogP contribution >= 0.6 is 0 Å². The van der Waals surface area contributed by atoms with Crippen molar-refractivity contribution in [2.75, 3.05) is 20.3 Å². The first kappa shape index (κ1) is 12.8. The molecule has 3 nitrogen and oxygen atoms in total. The summed E-state index contributed by atoms with van der Waals surface area (Å²) in [6.45, 7) is 5.47. The molecule has 0 bridgehead atoms. The second kappa shape index (κ2) is 7.12. The van der Waals surface area contributed by atoms with E-state index < -0.39 is 0 Å². The lowest BCUT2D eigenvalue weighted by atomic mass is 10.2. The Bertz CT molecular complexity index is 302. The van der Waals surface area contributed by atoms with E-state index in [1.807, 2.05) is 38.2 Å². The summed E-state index contributed by atoms with van der Waals surface area (Å²) in [4.78, 5) is 0. The molecule has 0 spiro atoms. The van der Waals surface area contributed by atoms with Crippen LogP contribution < -0.4 is 14.8 Å². The van der Waals surface area contributed by atoms with Crippen molar-refractivity contribution in [2.24, 2.45) is 0 Å². The van der Waals surface area contributed by atoms with Gasteiger partial charge in [-0.25, -0.2) is 0 Å². The SMILES string of the molecule is CCOc1ccccc1OCCC(C)NC. The molecule has 1 atom stereocenters. The number of para-hydroxylation sites is 2. The Hall–Kier alpha value is -1.22. The van der Waals surface area contributed by atoms with Crippen LogP contribution in [0.25, 0.3) is 0 Å². The van der Waals surface area contributed by atoms with E-state index in [9.17, 15) is 0 Å². The quantitative estimate of drug-likeness (QED) is 0.770. The van der Waals surface area contributed by atoms with Gasteiger partial charge in [0.25, 0.3) is 0 Å². The molecule has 90 valence electrons. The summed E-state index contributed by atoms with van der Waals surface area (Å²) in [5, 5.41) is 3.18. The van der Waals surface area contributed by atoms with Crippen LogP contribution in [0.15, 0.2) is 24.3 Å². The average molecular weight is 223 g/mol. The van der Waals surface area contributed by atoms with Crippen molar-refractivity contribution in [3.63, 3.8) is 0 Å². The predicted octanol–water partition coefficient (Wildman–Crippen LogP) is 2.46. The molecule has 1 unspecified atom stereocenters. The van der Waals surface area contributed by atoms with Gasteiger partial charge in [0.05, 0.1) is 13.2 Å². The molecule has 0 radical (unpaired) electrons. The maximum absolute atomic E-state index is 5.70. The molecule has 0 aliphatic heterocycles. The Kier molecular flexibility index (Phi) is 5.72. The molecule has 0 amide bonds. The summed E-state index contributed by atoms with van der Waals surface area (Å²) in [5.41, 5.74) is 0. The Morgan fingerprint density at radius 3 is 2.38 bits per heavy atom. The van der Waals surface area contributed by atoms with Crippen LogP contribution in [-0.4, -0.2) is 26.3 Å². The van der Waals surface area contributed by atoms with Crippen LogP contribution in [-0.2, 0) is 0 Å². The smallest absolute Gasteiger partial charge is 0.161 e. The van der Waals surface area contributed by atoms with Gasteiger partial charge < -0.3 is 14.8 Å². The van der Waals surface area contributed by atoms with Gasteiger partial charge in [-0.1, -0.05) is 12.1 Å². The highest BCUT2D eigenvalue weighted by molar-refractivity contribution is 5.39. The van der Waals surface area contributed by atoms with Crippen molar-refractivity contribution in [3.05, 3.63) is 24.3 Å². The second-order valence-corrected chi connectivity index (χ2v) is 3.71. The fourth-order valence-corrected chi connectivity index (χ4v) is 1.33. The van der Waals surface area contributed by atoms with Crippen LogP contribution in [0.4, 0.5) is 0 Å². The van der Waals surface area contributed by atoms with Gasteiger partial charge in [0.15, 0.2) is 11.5 Å². The van der Waals surface area contributed by atoms with Crippen LogP contribution in [0, 0.1) is 0 Å². The molecule has 16 heavy (non-hydrogen) atoms. The third kappa shape index (κ3) is 4.11. The molecule has 1 rings (SSSR count). The van der Waals surface area contributed by atoms with E-state index in [2.05, 4.69) is 12.2 Å². The van der Waals surface area contributed by atoms with Gasteiger partial charge in [-0.3, -0.25) is 0 Å². The van der Waals surface area contributed by atoms with E-state index in [0.29, 0.717) is 19.3 Å². The maximum atomic E-state index is 5.70. The molecule has 1 aromatic carbocycles. The first-order chi connectivity index (χ1) is 7.77. The first-order valence-electron chi connectivity index (χ1n) is 5.79. The minimum Gasteiger partial charge on any atom is -0.490 e. The number of hydrogen-bond donors (Lipinski definition) is 1. The highest BCUT2D eigenvalue weighted by Crippen LogP contribution is 2.26. The van der Waals surface area contributed by atoms with Gasteiger partial charge in [-0.2, -0.15) is 0 Å². The van der Waals surface area contributed by atoms with Crippen LogP contribution in [0.3, 0.4) is 0 Å². The van der Waals surface area contributed by atoms with E-state index >= 15 is 0 Å². The second-order valence-electron chi connectivity index (χ2n) is 3.71. The molecule has 0 heterocycles. The van der Waals surface area contributed by atoms with Crippen LogP contribution in [0.1, 0.15) is 20.3 Å².